The van der Waals surface area contributed by atoms with Crippen LogP contribution in [0.5, 0.6) is 0 Å². The molecule has 4 saturated carbocycles. The molecule has 0 aromatic rings. The molecule has 0 radical (unpaired) electrons. The summed E-state index contributed by atoms with van der Waals surface area (Å²) >= 11 is 0. The van der Waals surface area contributed by atoms with E-state index in [0.29, 0.717) is 32.1 Å². The molecular weight excluding hydrogens is 844 g/mol. The van der Waals surface area contributed by atoms with E-state index < -0.39 is 123 Å². The van der Waals surface area contributed by atoms with E-state index in [1.54, 1.807) is 6.92 Å². The van der Waals surface area contributed by atoms with Crippen LogP contribution < -0.4 is 0 Å². The van der Waals surface area contributed by atoms with Crippen molar-refractivity contribution in [2.24, 2.45) is 52.3 Å². The lowest BCUT2D eigenvalue weighted by atomic mass is 9.43. The van der Waals surface area contributed by atoms with Crippen LogP contribution in [-0.2, 0) is 33.2 Å². The number of fused-ring (bicyclic) bond motifs is 7. The van der Waals surface area contributed by atoms with Crippen molar-refractivity contribution in [3.8, 4) is 0 Å². The first-order chi connectivity index (χ1) is 30.2. The highest BCUT2D eigenvalue weighted by Crippen LogP contribution is 2.71. The molecule has 0 spiro atoms. The summed E-state index contributed by atoms with van der Waals surface area (Å²) < 4.78 is 42.9. The van der Waals surface area contributed by atoms with Gasteiger partial charge in [0.1, 0.15) is 67.1 Å². The van der Waals surface area contributed by atoms with Gasteiger partial charge in [-0.25, -0.2) is 0 Å². The summed E-state index contributed by atoms with van der Waals surface area (Å²) in [6.07, 6.45) is -15.4. The maximum Gasteiger partial charge on any atom is 0.186 e. The molecule has 8 fully saturated rings. The molecule has 0 aromatic carbocycles. The first-order valence-electron chi connectivity index (χ1n) is 23.8. The maximum atomic E-state index is 12.2. The molecule has 4 saturated heterocycles. The molecule has 0 bridgehead atoms. The average Bonchev–Trinajstić information content (AvgIpc) is 3.71. The molecule has 4 heterocycles. The predicted molar refractivity (Wildman–Crippen MR) is 219 cm³/mol. The van der Waals surface area contributed by atoms with Gasteiger partial charge < -0.3 is 94.4 Å². The second-order valence-corrected chi connectivity index (χ2v) is 21.6. The zero-order chi connectivity index (χ0) is 46.4. The highest BCUT2D eigenvalue weighted by molar-refractivity contribution is 5.16. The van der Waals surface area contributed by atoms with Crippen molar-refractivity contribution in [1.29, 1.82) is 0 Å². The summed E-state index contributed by atoms with van der Waals surface area (Å²) in [5.41, 5.74) is -0.452. The Morgan fingerprint density at radius 2 is 1.20 bits per heavy atom. The number of aliphatic hydroxyl groups excluding tert-OH is 11. The molecule has 0 aromatic heterocycles. The Morgan fingerprint density at radius 1 is 0.625 bits per heavy atom. The van der Waals surface area contributed by atoms with Gasteiger partial charge in [0.25, 0.3) is 0 Å². The molecule has 0 amide bonds. The Hall–Kier alpha value is -0.760. The van der Waals surface area contributed by atoms with Crippen LogP contribution in [-0.4, -0.2) is 197 Å². The predicted octanol–water partition coefficient (Wildman–Crippen LogP) is -1.78. The Balaban J connectivity index is 0.963. The first kappa shape index (κ1) is 49.7. The van der Waals surface area contributed by atoms with E-state index in [4.69, 9.17) is 33.2 Å². The van der Waals surface area contributed by atoms with Crippen LogP contribution in [0, 0.1) is 52.3 Å². The maximum absolute atomic E-state index is 12.2. The van der Waals surface area contributed by atoms with Crippen LogP contribution >= 0.6 is 0 Å². The molecule has 0 unspecified atom stereocenters. The molecule has 4 aliphatic carbocycles. The number of hydrogen-bond donors (Lipinski definition) is 12. The Morgan fingerprint density at radius 3 is 1.84 bits per heavy atom. The topological polar surface area (TPSA) is 307 Å². The molecule has 28 atom stereocenters. The SMILES string of the molecule is C[C@H](CC[C@@]1(O)O[C@H]2C[C@H]3[C@@H]4C[C@H](O[C@@H]5O[C@H](C)[C@@H](O)[C@H](O)[C@H]5O)[C@H]5C[C@@H](O[C@@H]6O[C@H](CO)[C@@H](O)[C@H](O)[C@H]6O)CC[C@]5(C)[C@H]4CC[C@]3(C)[C@H]2[C@@H]1C)CO[C@@H]1O[C@H](CO)[C@@H](O)[C@H](O)[C@H]1O. The Kier molecular flexibility index (Phi) is 14.6. The second kappa shape index (κ2) is 18.9. The Labute approximate surface area is 374 Å². The fourth-order valence-corrected chi connectivity index (χ4v) is 14.2. The summed E-state index contributed by atoms with van der Waals surface area (Å²) in [6, 6.07) is 0. The number of rotatable bonds is 12. The molecule has 8 rings (SSSR count). The third-order valence-corrected chi connectivity index (χ3v) is 18.0. The van der Waals surface area contributed by atoms with E-state index in [9.17, 15) is 61.3 Å². The third kappa shape index (κ3) is 8.55. The average molecular weight is 921 g/mol. The minimum atomic E-state index is -1.58. The standard InChI is InChI=1S/C45H76O19/c1-18(17-58-40-37(54)35(52)32(49)28(15-46)62-40)6-11-45(57)19(2)30-27(64-45)14-24-22-13-26(61-41-38(55)34(51)31(48)20(3)59-41)25-12-21(7-9-43(25,4)23(22)8-10-44(24,30)5)60-42-39(56)36(53)33(50)29(16-47)63-42/h18-42,46-57H,6-17H2,1-5H3/t18-,19+,20-,21+,22-,23+,24+,25-,26+,27+,28-,29-,30+,31-,32-,33-,34+,35+,36+,37-,38-,39-,40-,41+,42-,43-,44+,45-/m1/s1. The van der Waals surface area contributed by atoms with Crippen LogP contribution in [0.2, 0.25) is 0 Å². The van der Waals surface area contributed by atoms with E-state index in [1.165, 1.54) is 0 Å². The second-order valence-electron chi connectivity index (χ2n) is 21.6. The summed E-state index contributed by atoms with van der Waals surface area (Å²) in [7, 11) is 0. The number of aliphatic hydroxyl groups is 12. The fourth-order valence-electron chi connectivity index (χ4n) is 14.2. The molecule has 64 heavy (non-hydrogen) atoms. The fraction of sp³-hybridized carbons (Fsp3) is 1.00. The molecule has 19 nitrogen and oxygen atoms in total. The van der Waals surface area contributed by atoms with Crippen LogP contribution in [0.15, 0.2) is 0 Å². The van der Waals surface area contributed by atoms with Gasteiger partial charge in [0.05, 0.1) is 44.2 Å². The van der Waals surface area contributed by atoms with Gasteiger partial charge in [-0.15, -0.1) is 0 Å². The monoisotopic (exact) mass is 920 g/mol. The minimum Gasteiger partial charge on any atom is -0.394 e. The molecule has 12 N–H and O–H groups in total. The zero-order valence-corrected chi connectivity index (χ0v) is 37.6. The molecule has 4 aliphatic heterocycles. The van der Waals surface area contributed by atoms with Gasteiger partial charge >= 0.3 is 0 Å². The van der Waals surface area contributed by atoms with Crippen molar-refractivity contribution in [3.05, 3.63) is 0 Å². The number of hydrogen-bond acceptors (Lipinski definition) is 19. The quantitative estimate of drug-likeness (QED) is 0.0964. The largest absolute Gasteiger partial charge is 0.394 e. The third-order valence-electron chi connectivity index (χ3n) is 18.0. The van der Waals surface area contributed by atoms with Crippen molar-refractivity contribution < 1.29 is 94.4 Å². The highest BCUT2D eigenvalue weighted by Gasteiger charge is 2.69. The van der Waals surface area contributed by atoms with Crippen molar-refractivity contribution >= 4 is 0 Å². The van der Waals surface area contributed by atoms with Crippen LogP contribution in [0.1, 0.15) is 92.4 Å². The Bertz CT molecular complexity index is 1580. The van der Waals surface area contributed by atoms with Crippen molar-refractivity contribution in [3.63, 3.8) is 0 Å². The van der Waals surface area contributed by atoms with Crippen LogP contribution in [0.4, 0.5) is 0 Å². The van der Waals surface area contributed by atoms with Gasteiger partial charge in [-0.3, -0.25) is 0 Å². The van der Waals surface area contributed by atoms with Gasteiger partial charge in [-0.05, 0) is 105 Å². The lowest BCUT2D eigenvalue weighted by Crippen LogP contribution is -2.63. The zero-order valence-electron chi connectivity index (χ0n) is 37.6. The highest BCUT2D eigenvalue weighted by atomic mass is 16.7. The normalized spacial score (nSPS) is 56.8. The summed E-state index contributed by atoms with van der Waals surface area (Å²) in [4.78, 5) is 0. The summed E-state index contributed by atoms with van der Waals surface area (Å²) in [6.45, 7) is 9.27. The first-order valence-corrected chi connectivity index (χ1v) is 23.8. The summed E-state index contributed by atoms with van der Waals surface area (Å²) in [5, 5.41) is 126. The van der Waals surface area contributed by atoms with Gasteiger partial charge in [-0.2, -0.15) is 0 Å². The summed E-state index contributed by atoms with van der Waals surface area (Å²) in [5.74, 6) is -1.08. The van der Waals surface area contributed by atoms with E-state index >= 15 is 0 Å². The van der Waals surface area contributed by atoms with Crippen molar-refractivity contribution in [2.45, 2.75) is 209 Å². The van der Waals surface area contributed by atoms with Crippen molar-refractivity contribution in [2.75, 3.05) is 19.8 Å². The van der Waals surface area contributed by atoms with Gasteiger partial charge in [0.2, 0.25) is 0 Å². The van der Waals surface area contributed by atoms with Gasteiger partial charge in [0, 0.05) is 12.3 Å². The minimum absolute atomic E-state index is 0.0673. The number of ether oxygens (including phenoxy) is 7. The van der Waals surface area contributed by atoms with E-state index in [0.717, 1.165) is 25.7 Å². The van der Waals surface area contributed by atoms with E-state index in [-0.39, 0.29) is 65.0 Å². The molecular formula is C45H76O19. The lowest BCUT2D eigenvalue weighted by molar-refractivity contribution is -0.331. The van der Waals surface area contributed by atoms with E-state index in [2.05, 4.69) is 20.8 Å². The van der Waals surface area contributed by atoms with Crippen LogP contribution in [0.3, 0.4) is 0 Å². The molecule has 370 valence electrons. The van der Waals surface area contributed by atoms with E-state index in [1.807, 2.05) is 6.92 Å². The molecule has 19 heteroatoms. The van der Waals surface area contributed by atoms with Crippen molar-refractivity contribution in [1.82, 2.24) is 0 Å². The lowest BCUT2D eigenvalue weighted by Gasteiger charge is -2.63. The molecule has 8 aliphatic rings. The van der Waals surface area contributed by atoms with Gasteiger partial charge in [-0.1, -0.05) is 27.7 Å². The van der Waals surface area contributed by atoms with Crippen LogP contribution in [0.25, 0.3) is 0 Å². The smallest absolute Gasteiger partial charge is 0.186 e. The van der Waals surface area contributed by atoms with Gasteiger partial charge in [0.15, 0.2) is 24.7 Å².